The van der Waals surface area contributed by atoms with Gasteiger partial charge in [0.05, 0.1) is 0 Å². The minimum atomic E-state index is 0.232. The molecule has 1 aromatic carbocycles. The van der Waals surface area contributed by atoms with Crippen molar-refractivity contribution < 1.29 is 0 Å². The van der Waals surface area contributed by atoms with Crippen LogP contribution in [-0.4, -0.2) is 17.8 Å². The van der Waals surface area contributed by atoms with Crippen LogP contribution in [0.15, 0.2) is 29.2 Å². The third-order valence-electron chi connectivity index (χ3n) is 3.92. The molecule has 0 amide bonds. The highest BCUT2D eigenvalue weighted by molar-refractivity contribution is 7.99. The highest BCUT2D eigenvalue weighted by Crippen LogP contribution is 2.42. The van der Waals surface area contributed by atoms with Gasteiger partial charge in [0.2, 0.25) is 0 Å². The van der Waals surface area contributed by atoms with Crippen LogP contribution in [0.25, 0.3) is 0 Å². The Hall–Kier alpha value is -0.470. The zero-order chi connectivity index (χ0) is 13.9. The SMILES string of the molecule is CCC(CNC(C)(C)C)CC1CSc2ccccc21. The van der Waals surface area contributed by atoms with E-state index in [9.17, 15) is 0 Å². The van der Waals surface area contributed by atoms with E-state index in [1.807, 2.05) is 11.8 Å². The normalized spacial score (nSPS) is 20.3. The smallest absolute Gasteiger partial charge is 0.0107 e. The number of benzene rings is 1. The maximum atomic E-state index is 3.66. The minimum Gasteiger partial charge on any atom is -0.312 e. The molecule has 0 fully saturated rings. The fraction of sp³-hybridized carbons (Fsp3) is 0.647. The van der Waals surface area contributed by atoms with Crippen molar-refractivity contribution in [3.63, 3.8) is 0 Å². The molecule has 1 N–H and O–H groups in total. The number of thioether (sulfide) groups is 1. The molecule has 0 bridgehead atoms. The van der Waals surface area contributed by atoms with Crippen LogP contribution in [0.2, 0.25) is 0 Å². The van der Waals surface area contributed by atoms with Crippen LogP contribution in [0.1, 0.15) is 52.0 Å². The predicted molar refractivity (Wildman–Crippen MR) is 86.1 cm³/mol. The Labute approximate surface area is 122 Å². The fourth-order valence-electron chi connectivity index (χ4n) is 2.67. The standard InChI is InChI=1S/C17H27NS/c1-5-13(11-18-17(2,3)4)10-14-12-19-16-9-7-6-8-15(14)16/h6-9,13-14,18H,5,10-12H2,1-4H3. The molecule has 2 heteroatoms. The summed E-state index contributed by atoms with van der Waals surface area (Å²) in [7, 11) is 0. The summed E-state index contributed by atoms with van der Waals surface area (Å²) in [5, 5.41) is 3.66. The zero-order valence-electron chi connectivity index (χ0n) is 12.7. The predicted octanol–water partition coefficient (Wildman–Crippen LogP) is 4.68. The molecule has 1 heterocycles. The quantitative estimate of drug-likeness (QED) is 0.838. The summed E-state index contributed by atoms with van der Waals surface area (Å²) in [6.07, 6.45) is 2.59. The van der Waals surface area contributed by atoms with Gasteiger partial charge in [0, 0.05) is 16.2 Å². The molecule has 2 unspecified atom stereocenters. The van der Waals surface area contributed by atoms with Gasteiger partial charge in [0.25, 0.3) is 0 Å². The maximum absolute atomic E-state index is 3.66. The lowest BCUT2D eigenvalue weighted by Crippen LogP contribution is -2.39. The number of nitrogens with one attached hydrogen (secondary N) is 1. The van der Waals surface area contributed by atoms with Gasteiger partial charge in [-0.3, -0.25) is 0 Å². The molecule has 19 heavy (non-hydrogen) atoms. The Morgan fingerprint density at radius 2 is 2.05 bits per heavy atom. The summed E-state index contributed by atoms with van der Waals surface area (Å²) in [5.41, 5.74) is 1.82. The van der Waals surface area contributed by atoms with Gasteiger partial charge in [-0.1, -0.05) is 31.5 Å². The van der Waals surface area contributed by atoms with Crippen LogP contribution in [0.4, 0.5) is 0 Å². The second kappa shape index (κ2) is 6.32. The van der Waals surface area contributed by atoms with Crippen molar-refractivity contribution in [1.29, 1.82) is 0 Å². The van der Waals surface area contributed by atoms with Crippen LogP contribution in [0.5, 0.6) is 0 Å². The molecular weight excluding hydrogens is 250 g/mol. The summed E-state index contributed by atoms with van der Waals surface area (Å²) in [6, 6.07) is 8.94. The topological polar surface area (TPSA) is 12.0 Å². The van der Waals surface area contributed by atoms with Crippen molar-refractivity contribution in [3.8, 4) is 0 Å². The van der Waals surface area contributed by atoms with E-state index >= 15 is 0 Å². The van der Waals surface area contributed by atoms with Gasteiger partial charge in [0.1, 0.15) is 0 Å². The van der Waals surface area contributed by atoms with Crippen molar-refractivity contribution in [2.75, 3.05) is 12.3 Å². The first-order chi connectivity index (χ1) is 8.99. The molecular formula is C17H27NS. The molecule has 0 saturated carbocycles. The van der Waals surface area contributed by atoms with E-state index in [1.165, 1.54) is 23.5 Å². The van der Waals surface area contributed by atoms with E-state index < -0.39 is 0 Å². The van der Waals surface area contributed by atoms with Crippen LogP contribution in [0, 0.1) is 5.92 Å². The summed E-state index contributed by atoms with van der Waals surface area (Å²) < 4.78 is 0. The van der Waals surface area contributed by atoms with Gasteiger partial charge >= 0.3 is 0 Å². The Kier molecular flexibility index (Phi) is 4.97. The lowest BCUT2D eigenvalue weighted by molar-refractivity contribution is 0.342. The van der Waals surface area contributed by atoms with Crippen LogP contribution >= 0.6 is 11.8 Å². The zero-order valence-corrected chi connectivity index (χ0v) is 13.5. The van der Waals surface area contributed by atoms with E-state index in [0.29, 0.717) is 0 Å². The Morgan fingerprint density at radius 3 is 2.74 bits per heavy atom. The molecule has 1 aliphatic rings. The second-order valence-electron chi connectivity index (χ2n) is 6.69. The lowest BCUT2D eigenvalue weighted by Gasteiger charge is -2.26. The number of fused-ring (bicyclic) bond motifs is 1. The third kappa shape index (κ3) is 4.25. The molecule has 0 spiro atoms. The van der Waals surface area contributed by atoms with Crippen molar-refractivity contribution in [2.24, 2.45) is 5.92 Å². The molecule has 1 aliphatic heterocycles. The summed E-state index contributed by atoms with van der Waals surface area (Å²) in [6.45, 7) is 10.2. The lowest BCUT2D eigenvalue weighted by atomic mass is 9.88. The summed E-state index contributed by atoms with van der Waals surface area (Å²) in [5.74, 6) is 2.81. The van der Waals surface area contributed by atoms with E-state index in [1.54, 1.807) is 5.56 Å². The monoisotopic (exact) mass is 277 g/mol. The van der Waals surface area contributed by atoms with Gasteiger partial charge in [0.15, 0.2) is 0 Å². The molecule has 1 aromatic rings. The summed E-state index contributed by atoms with van der Waals surface area (Å²) in [4.78, 5) is 1.51. The van der Waals surface area contributed by atoms with E-state index in [4.69, 9.17) is 0 Å². The molecule has 0 radical (unpaired) electrons. The van der Waals surface area contributed by atoms with Gasteiger partial charge in [-0.25, -0.2) is 0 Å². The van der Waals surface area contributed by atoms with Gasteiger partial charge in [-0.2, -0.15) is 0 Å². The molecule has 0 saturated heterocycles. The number of hydrogen-bond donors (Lipinski definition) is 1. The Bertz CT molecular complexity index is 408. The van der Waals surface area contributed by atoms with Crippen molar-refractivity contribution >= 4 is 11.8 Å². The van der Waals surface area contributed by atoms with Gasteiger partial charge in [-0.15, -0.1) is 11.8 Å². The molecule has 0 aliphatic carbocycles. The first kappa shape index (κ1) is 14.9. The van der Waals surface area contributed by atoms with Gasteiger partial charge in [-0.05, 0) is 57.2 Å². The largest absolute Gasteiger partial charge is 0.312 e. The first-order valence-electron chi connectivity index (χ1n) is 7.46. The van der Waals surface area contributed by atoms with Crippen LogP contribution < -0.4 is 5.32 Å². The molecule has 2 rings (SSSR count). The average molecular weight is 277 g/mol. The second-order valence-corrected chi connectivity index (χ2v) is 7.75. The highest BCUT2D eigenvalue weighted by atomic mass is 32.2. The van der Waals surface area contributed by atoms with E-state index in [2.05, 4.69) is 57.3 Å². The number of rotatable bonds is 5. The maximum Gasteiger partial charge on any atom is 0.0107 e. The van der Waals surface area contributed by atoms with Crippen LogP contribution in [-0.2, 0) is 0 Å². The minimum absolute atomic E-state index is 0.232. The third-order valence-corrected chi connectivity index (χ3v) is 5.17. The molecule has 0 aromatic heterocycles. The van der Waals surface area contributed by atoms with E-state index in [-0.39, 0.29) is 5.54 Å². The van der Waals surface area contributed by atoms with Crippen LogP contribution in [0.3, 0.4) is 0 Å². The van der Waals surface area contributed by atoms with Crippen molar-refractivity contribution in [1.82, 2.24) is 5.32 Å². The van der Waals surface area contributed by atoms with E-state index in [0.717, 1.165) is 18.4 Å². The van der Waals surface area contributed by atoms with Crippen molar-refractivity contribution in [2.45, 2.75) is 56.9 Å². The Morgan fingerprint density at radius 1 is 1.32 bits per heavy atom. The highest BCUT2D eigenvalue weighted by Gasteiger charge is 2.25. The fourth-order valence-corrected chi connectivity index (χ4v) is 3.94. The average Bonchev–Trinajstić information content (AvgIpc) is 2.77. The van der Waals surface area contributed by atoms with Crippen molar-refractivity contribution in [3.05, 3.63) is 29.8 Å². The molecule has 106 valence electrons. The Balaban J connectivity index is 1.93. The first-order valence-corrected chi connectivity index (χ1v) is 8.45. The van der Waals surface area contributed by atoms with Gasteiger partial charge < -0.3 is 5.32 Å². The molecule has 2 atom stereocenters. The summed E-state index contributed by atoms with van der Waals surface area (Å²) >= 11 is 2.03. The number of hydrogen-bond acceptors (Lipinski definition) is 2. The molecule has 1 nitrogen and oxygen atoms in total.